The molecule has 1 fully saturated rings. The molecule has 0 bridgehead atoms. The maximum atomic E-state index is 4.87. The van der Waals surface area contributed by atoms with Crippen LogP contribution >= 0.6 is 22.7 Å². The second-order valence-electron chi connectivity index (χ2n) is 6.49. The van der Waals surface area contributed by atoms with Gasteiger partial charge in [0.25, 0.3) is 0 Å². The number of rotatable bonds is 4. The molecule has 1 saturated carbocycles. The van der Waals surface area contributed by atoms with Crippen LogP contribution in [-0.4, -0.2) is 16.0 Å². The minimum Gasteiger partial charge on any atom is -0.300 e. The van der Waals surface area contributed by atoms with Crippen molar-refractivity contribution in [2.24, 2.45) is 0 Å². The van der Waals surface area contributed by atoms with Gasteiger partial charge in [0, 0.05) is 22.2 Å². The van der Waals surface area contributed by atoms with E-state index in [0.717, 1.165) is 15.7 Å². The minimum absolute atomic E-state index is 0.108. The molecule has 3 rings (SSSR count). The van der Waals surface area contributed by atoms with Crippen molar-refractivity contribution in [2.45, 2.75) is 58.0 Å². The zero-order valence-corrected chi connectivity index (χ0v) is 14.1. The highest BCUT2D eigenvalue weighted by Crippen LogP contribution is 2.33. The molecule has 20 heavy (non-hydrogen) atoms. The molecule has 1 N–H and O–H groups in total. The number of hydrogen-bond donors (Lipinski definition) is 1. The van der Waals surface area contributed by atoms with E-state index in [-0.39, 0.29) is 11.5 Å². The first kappa shape index (κ1) is 14.2. The maximum Gasteiger partial charge on any atom is 0.116 e. The van der Waals surface area contributed by atoms with Crippen molar-refractivity contribution in [2.75, 3.05) is 0 Å². The zero-order valence-electron chi connectivity index (χ0n) is 12.4. The van der Waals surface area contributed by atoms with E-state index in [0.29, 0.717) is 6.04 Å². The Morgan fingerprint density at radius 1 is 1.20 bits per heavy atom. The number of nitrogens with one attached hydrogen (secondary N) is 1. The second-order valence-corrected chi connectivity index (χ2v) is 8.44. The third-order valence-corrected chi connectivity index (χ3v) is 5.15. The number of thiazole rings is 2. The molecular weight excluding hydrogens is 286 g/mol. The molecule has 1 aliphatic carbocycles. The monoisotopic (exact) mass is 307 g/mol. The Morgan fingerprint density at radius 2 is 1.95 bits per heavy atom. The van der Waals surface area contributed by atoms with Gasteiger partial charge in [-0.25, -0.2) is 9.97 Å². The van der Waals surface area contributed by atoms with Crippen LogP contribution in [-0.2, 0) is 5.41 Å². The van der Waals surface area contributed by atoms with Gasteiger partial charge in [0.05, 0.1) is 16.4 Å². The Labute approximate surface area is 128 Å². The molecule has 0 aromatic carbocycles. The molecule has 2 aromatic heterocycles. The van der Waals surface area contributed by atoms with Crippen LogP contribution in [0.4, 0.5) is 0 Å². The first-order valence-corrected chi connectivity index (χ1v) is 8.83. The van der Waals surface area contributed by atoms with Crippen LogP contribution in [0.25, 0.3) is 0 Å². The van der Waals surface area contributed by atoms with Gasteiger partial charge in [0.2, 0.25) is 0 Å². The average Bonchev–Trinajstić information content (AvgIpc) is 2.88. The summed E-state index contributed by atoms with van der Waals surface area (Å²) in [5.41, 5.74) is 2.40. The van der Waals surface area contributed by atoms with E-state index in [1.54, 1.807) is 22.7 Å². The molecule has 5 heteroatoms. The van der Waals surface area contributed by atoms with Crippen LogP contribution in [0, 0.1) is 6.92 Å². The van der Waals surface area contributed by atoms with Crippen LogP contribution in [0.1, 0.15) is 61.1 Å². The summed E-state index contributed by atoms with van der Waals surface area (Å²) in [6, 6.07) is 0.803. The van der Waals surface area contributed by atoms with Gasteiger partial charge in [-0.05, 0) is 19.8 Å². The summed E-state index contributed by atoms with van der Waals surface area (Å²) in [6.45, 7) is 8.69. The number of hydrogen-bond acceptors (Lipinski definition) is 5. The molecule has 2 aromatic rings. The Hall–Kier alpha value is -0.780. The summed E-state index contributed by atoms with van der Waals surface area (Å²) < 4.78 is 0. The number of aryl methyl sites for hydroxylation is 1. The Balaban J connectivity index is 1.90. The lowest BCUT2D eigenvalue weighted by Crippen LogP contribution is -2.25. The van der Waals surface area contributed by atoms with Crippen LogP contribution in [0.15, 0.2) is 10.8 Å². The van der Waals surface area contributed by atoms with E-state index in [1.807, 2.05) is 0 Å². The highest BCUT2D eigenvalue weighted by molar-refractivity contribution is 7.10. The maximum absolute atomic E-state index is 4.87. The van der Waals surface area contributed by atoms with Crippen LogP contribution < -0.4 is 5.32 Å². The molecule has 2 heterocycles. The van der Waals surface area contributed by atoms with Crippen LogP contribution in [0.5, 0.6) is 0 Å². The molecule has 108 valence electrons. The van der Waals surface area contributed by atoms with Gasteiger partial charge in [0.1, 0.15) is 11.0 Å². The van der Waals surface area contributed by atoms with Crippen molar-refractivity contribution in [3.05, 3.63) is 32.2 Å². The van der Waals surface area contributed by atoms with Crippen LogP contribution in [0.3, 0.4) is 0 Å². The van der Waals surface area contributed by atoms with Gasteiger partial charge < -0.3 is 5.32 Å². The van der Waals surface area contributed by atoms with Crippen molar-refractivity contribution in [3.63, 3.8) is 0 Å². The summed E-state index contributed by atoms with van der Waals surface area (Å²) in [5, 5.41) is 10.3. The van der Waals surface area contributed by atoms with E-state index in [4.69, 9.17) is 4.98 Å². The highest BCUT2D eigenvalue weighted by Gasteiger charge is 2.30. The van der Waals surface area contributed by atoms with Gasteiger partial charge in [-0.2, -0.15) is 0 Å². The van der Waals surface area contributed by atoms with Crippen molar-refractivity contribution in [3.8, 4) is 0 Å². The summed E-state index contributed by atoms with van der Waals surface area (Å²) in [5.74, 6) is 0. The lowest BCUT2D eigenvalue weighted by Gasteiger charge is -2.16. The minimum atomic E-state index is 0.108. The van der Waals surface area contributed by atoms with Crippen LogP contribution in [0.2, 0.25) is 0 Å². The predicted octanol–water partition coefficient (Wildman–Crippen LogP) is 4.05. The first-order valence-electron chi connectivity index (χ1n) is 7.07. The molecular formula is C15H21N3S2. The molecule has 1 atom stereocenters. The van der Waals surface area contributed by atoms with E-state index >= 15 is 0 Å². The predicted molar refractivity (Wildman–Crippen MR) is 85.7 cm³/mol. The van der Waals surface area contributed by atoms with Crippen molar-refractivity contribution >= 4 is 22.7 Å². The number of aromatic nitrogens is 2. The Kier molecular flexibility index (Phi) is 3.69. The Bertz CT molecular complexity index is 590. The summed E-state index contributed by atoms with van der Waals surface area (Å²) in [6.07, 6.45) is 2.55. The quantitative estimate of drug-likeness (QED) is 0.926. The van der Waals surface area contributed by atoms with Gasteiger partial charge >= 0.3 is 0 Å². The van der Waals surface area contributed by atoms with Gasteiger partial charge in [-0.3, -0.25) is 0 Å². The molecule has 3 nitrogen and oxygen atoms in total. The molecule has 0 saturated heterocycles. The summed E-state index contributed by atoms with van der Waals surface area (Å²) >= 11 is 3.46. The number of nitrogens with zero attached hydrogens (tertiary/aromatic N) is 2. The average molecular weight is 307 g/mol. The molecule has 1 unspecified atom stereocenters. The molecule has 0 amide bonds. The topological polar surface area (TPSA) is 37.8 Å². The van der Waals surface area contributed by atoms with Gasteiger partial charge in [-0.15, -0.1) is 22.7 Å². The van der Waals surface area contributed by atoms with E-state index < -0.39 is 0 Å². The first-order chi connectivity index (χ1) is 9.43. The summed E-state index contributed by atoms with van der Waals surface area (Å²) in [7, 11) is 0. The third-order valence-electron chi connectivity index (χ3n) is 3.45. The fourth-order valence-electron chi connectivity index (χ4n) is 2.05. The fraction of sp³-hybridized carbons (Fsp3) is 0.600. The van der Waals surface area contributed by atoms with Crippen molar-refractivity contribution < 1.29 is 0 Å². The van der Waals surface area contributed by atoms with Gasteiger partial charge in [0.15, 0.2) is 0 Å². The van der Waals surface area contributed by atoms with E-state index in [9.17, 15) is 0 Å². The SMILES string of the molecule is Cc1nc(C(NC2CC2)c2nc(C(C)(C)C)cs2)cs1. The van der Waals surface area contributed by atoms with Gasteiger partial charge in [-0.1, -0.05) is 20.8 Å². The molecule has 0 spiro atoms. The molecule has 0 radical (unpaired) electrons. The molecule has 1 aliphatic rings. The lowest BCUT2D eigenvalue weighted by molar-refractivity contribution is 0.554. The Morgan fingerprint density at radius 3 is 2.45 bits per heavy atom. The summed E-state index contributed by atoms with van der Waals surface area (Å²) in [4.78, 5) is 9.53. The largest absolute Gasteiger partial charge is 0.300 e. The smallest absolute Gasteiger partial charge is 0.116 e. The normalized spacial score (nSPS) is 17.4. The fourth-order valence-corrected chi connectivity index (χ4v) is 3.80. The molecule has 0 aliphatic heterocycles. The zero-order chi connectivity index (χ0) is 14.3. The highest BCUT2D eigenvalue weighted by atomic mass is 32.1. The van der Waals surface area contributed by atoms with Crippen molar-refractivity contribution in [1.29, 1.82) is 0 Å². The van der Waals surface area contributed by atoms with Crippen molar-refractivity contribution in [1.82, 2.24) is 15.3 Å². The standard InChI is InChI=1S/C15H21N3S2/c1-9-16-11(7-19-9)13(17-10-5-6-10)14-18-12(8-20-14)15(2,3)4/h7-8,10,13,17H,5-6H2,1-4H3. The van der Waals surface area contributed by atoms with E-state index in [1.165, 1.54) is 18.5 Å². The second kappa shape index (κ2) is 5.20. The van der Waals surface area contributed by atoms with E-state index in [2.05, 4.69) is 48.8 Å². The third kappa shape index (κ3) is 3.10. The lowest BCUT2D eigenvalue weighted by atomic mass is 9.93.